The Balaban J connectivity index is 3.38. The standard InChI is InChI=1S/C19H32GeO3/c1-8-16(20(9-2,10-3)11-4)17-13-15(19(21)22-12-5)18(23-17)14(6)7/h13,16H,6,8-12H2,1-5,7H3. The predicted octanol–water partition coefficient (Wildman–Crippen LogP) is 6.03. The van der Waals surface area contributed by atoms with Crippen LogP contribution in [0.4, 0.5) is 0 Å². The predicted molar refractivity (Wildman–Crippen MR) is 99.6 cm³/mol. The molecule has 0 aliphatic heterocycles. The molecule has 23 heavy (non-hydrogen) atoms. The van der Waals surface area contributed by atoms with Crippen LogP contribution in [0.5, 0.6) is 0 Å². The summed E-state index contributed by atoms with van der Waals surface area (Å²) in [5.41, 5.74) is 1.31. The van der Waals surface area contributed by atoms with E-state index in [2.05, 4.69) is 34.3 Å². The summed E-state index contributed by atoms with van der Waals surface area (Å²) in [6.45, 7) is 17.2. The van der Waals surface area contributed by atoms with Crippen molar-refractivity contribution in [3.05, 3.63) is 29.7 Å². The minimum absolute atomic E-state index is 0.307. The number of carbonyl (C=O) groups excluding carboxylic acids is 1. The number of hydrogen-bond donors (Lipinski definition) is 0. The molecule has 3 nitrogen and oxygen atoms in total. The molecule has 0 aromatic carbocycles. The Morgan fingerprint density at radius 2 is 1.78 bits per heavy atom. The molecule has 0 N–H and O–H groups in total. The van der Waals surface area contributed by atoms with Gasteiger partial charge in [0.25, 0.3) is 0 Å². The molecule has 4 heteroatoms. The third-order valence-electron chi connectivity index (χ3n) is 5.24. The number of hydrogen-bond acceptors (Lipinski definition) is 3. The van der Waals surface area contributed by atoms with E-state index in [1.807, 2.05) is 19.9 Å². The van der Waals surface area contributed by atoms with Gasteiger partial charge in [-0.25, -0.2) is 0 Å². The van der Waals surface area contributed by atoms with Gasteiger partial charge in [-0.05, 0) is 0 Å². The molecule has 0 radical (unpaired) electrons. The van der Waals surface area contributed by atoms with E-state index in [1.165, 1.54) is 15.8 Å². The number of esters is 1. The van der Waals surface area contributed by atoms with Gasteiger partial charge >= 0.3 is 144 Å². The maximum absolute atomic E-state index is 12.2. The second kappa shape index (κ2) is 8.76. The molecule has 1 unspecified atom stereocenters. The Bertz CT molecular complexity index is 533. The molecule has 0 aliphatic carbocycles. The van der Waals surface area contributed by atoms with Gasteiger partial charge in [-0.3, -0.25) is 0 Å². The van der Waals surface area contributed by atoms with Crippen LogP contribution in [0.2, 0.25) is 15.8 Å². The zero-order valence-electron chi connectivity index (χ0n) is 15.6. The van der Waals surface area contributed by atoms with E-state index in [9.17, 15) is 4.79 Å². The van der Waals surface area contributed by atoms with Crippen molar-refractivity contribution in [3.8, 4) is 0 Å². The van der Waals surface area contributed by atoms with E-state index in [0.717, 1.165) is 17.8 Å². The van der Waals surface area contributed by atoms with Crippen molar-refractivity contribution in [2.75, 3.05) is 6.61 Å². The molecule has 0 saturated heterocycles. The van der Waals surface area contributed by atoms with Gasteiger partial charge in [0.05, 0.1) is 0 Å². The van der Waals surface area contributed by atoms with Crippen LogP contribution in [0.3, 0.4) is 0 Å². The summed E-state index contributed by atoms with van der Waals surface area (Å²) in [7, 11) is 0. The van der Waals surface area contributed by atoms with Crippen LogP contribution in [-0.2, 0) is 4.74 Å². The van der Waals surface area contributed by atoms with Crippen LogP contribution in [0.15, 0.2) is 17.1 Å². The van der Waals surface area contributed by atoms with Crippen molar-refractivity contribution in [1.29, 1.82) is 0 Å². The Morgan fingerprint density at radius 3 is 2.17 bits per heavy atom. The molecule has 0 fully saturated rings. The molecule has 1 aromatic rings. The number of rotatable bonds is 9. The van der Waals surface area contributed by atoms with Gasteiger partial charge < -0.3 is 0 Å². The van der Waals surface area contributed by atoms with Crippen molar-refractivity contribution in [2.45, 2.75) is 68.5 Å². The van der Waals surface area contributed by atoms with Crippen LogP contribution in [0.25, 0.3) is 5.57 Å². The van der Waals surface area contributed by atoms with E-state index in [4.69, 9.17) is 9.15 Å². The fraction of sp³-hybridized carbons (Fsp3) is 0.632. The summed E-state index contributed by atoms with van der Waals surface area (Å²) >= 11 is -2.04. The molecule has 0 aliphatic rings. The Hall–Kier alpha value is -0.967. The molecule has 0 saturated carbocycles. The average Bonchev–Trinajstić information content (AvgIpc) is 2.98. The first-order valence-electron chi connectivity index (χ1n) is 8.87. The van der Waals surface area contributed by atoms with Crippen molar-refractivity contribution >= 4 is 24.8 Å². The van der Waals surface area contributed by atoms with Gasteiger partial charge in [0.2, 0.25) is 0 Å². The SMILES string of the molecule is C=C(C)c1oc([CH](CC)[Ge]([CH2]C)([CH2]C)[CH2]C)cc1C(=O)OCC. The number of furan rings is 1. The normalized spacial score (nSPS) is 13.0. The van der Waals surface area contributed by atoms with Crippen LogP contribution in [-0.4, -0.2) is 25.8 Å². The van der Waals surface area contributed by atoms with Crippen LogP contribution < -0.4 is 0 Å². The van der Waals surface area contributed by atoms with E-state index < -0.39 is 13.3 Å². The second-order valence-corrected chi connectivity index (χ2v) is 17.9. The van der Waals surface area contributed by atoms with Gasteiger partial charge in [-0.15, -0.1) is 0 Å². The van der Waals surface area contributed by atoms with Crippen LogP contribution in [0.1, 0.15) is 74.6 Å². The summed E-state index contributed by atoms with van der Waals surface area (Å²) in [5, 5.41) is 3.84. The van der Waals surface area contributed by atoms with Gasteiger partial charge in [-0.2, -0.15) is 0 Å². The van der Waals surface area contributed by atoms with Crippen molar-refractivity contribution in [3.63, 3.8) is 0 Å². The minimum atomic E-state index is -2.04. The molecular formula is C19H32GeO3. The topological polar surface area (TPSA) is 39.4 Å². The molecular weight excluding hydrogens is 349 g/mol. The molecule has 0 spiro atoms. The summed E-state index contributed by atoms with van der Waals surface area (Å²) < 4.78 is 11.8. The molecule has 0 amide bonds. The summed E-state index contributed by atoms with van der Waals surface area (Å²) in [6.07, 6.45) is 1.07. The van der Waals surface area contributed by atoms with E-state index in [-0.39, 0.29) is 5.97 Å². The number of ether oxygens (including phenoxy) is 1. The van der Waals surface area contributed by atoms with Gasteiger partial charge in [0, 0.05) is 0 Å². The molecule has 1 rings (SSSR count). The molecule has 0 bridgehead atoms. The van der Waals surface area contributed by atoms with Crippen LogP contribution >= 0.6 is 0 Å². The summed E-state index contributed by atoms with van der Waals surface area (Å²) in [4.78, 5) is 12.2. The van der Waals surface area contributed by atoms with E-state index >= 15 is 0 Å². The fourth-order valence-corrected chi connectivity index (χ4v) is 13.3. The second-order valence-electron chi connectivity index (χ2n) is 6.28. The quantitative estimate of drug-likeness (QED) is 0.387. The Morgan fingerprint density at radius 1 is 1.22 bits per heavy atom. The Kier molecular flexibility index (Phi) is 7.65. The first-order valence-corrected chi connectivity index (χ1v) is 14.5. The fourth-order valence-electron chi connectivity index (χ4n) is 3.68. The Labute approximate surface area is 143 Å². The molecule has 1 aromatic heterocycles. The van der Waals surface area contributed by atoms with Gasteiger partial charge in [0.15, 0.2) is 0 Å². The van der Waals surface area contributed by atoms with Crippen LogP contribution in [0, 0.1) is 0 Å². The summed E-state index contributed by atoms with van der Waals surface area (Å²) in [5.74, 6) is 1.26. The van der Waals surface area contributed by atoms with Crippen molar-refractivity contribution in [2.24, 2.45) is 0 Å². The summed E-state index contributed by atoms with van der Waals surface area (Å²) in [6, 6.07) is 1.93. The first-order chi connectivity index (χ1) is 10.9. The monoisotopic (exact) mass is 382 g/mol. The van der Waals surface area contributed by atoms with Gasteiger partial charge in [-0.1, -0.05) is 0 Å². The molecule has 1 heterocycles. The van der Waals surface area contributed by atoms with E-state index in [1.54, 1.807) is 0 Å². The molecule has 1 atom stereocenters. The zero-order chi connectivity index (χ0) is 17.6. The van der Waals surface area contributed by atoms with E-state index in [0.29, 0.717) is 22.7 Å². The third-order valence-corrected chi connectivity index (χ3v) is 18.7. The van der Waals surface area contributed by atoms with Crippen molar-refractivity contribution in [1.82, 2.24) is 0 Å². The molecule has 130 valence electrons. The van der Waals surface area contributed by atoms with Gasteiger partial charge in [0.1, 0.15) is 0 Å². The maximum atomic E-state index is 12.2. The first kappa shape index (κ1) is 20.1. The zero-order valence-corrected chi connectivity index (χ0v) is 17.7. The number of carbonyl (C=O) groups is 1. The van der Waals surface area contributed by atoms with Crippen molar-refractivity contribution < 1.29 is 13.9 Å². The average molecular weight is 381 g/mol. The number of allylic oxidation sites excluding steroid dienone is 1. The third kappa shape index (κ3) is 4.11.